The third kappa shape index (κ3) is 4.12. The normalized spacial score (nSPS) is 18.5. The maximum Gasteiger partial charge on any atom is 0.190 e. The van der Waals surface area contributed by atoms with E-state index in [1.807, 2.05) is 23.9 Å². The lowest BCUT2D eigenvalue weighted by atomic mass is 9.93. The molecule has 1 aliphatic rings. The lowest BCUT2D eigenvalue weighted by molar-refractivity contribution is 0.155. The Labute approximate surface area is 135 Å². The zero-order valence-corrected chi connectivity index (χ0v) is 14.2. The van der Waals surface area contributed by atoms with E-state index in [2.05, 4.69) is 17.1 Å². The number of unbranched alkanes of at least 4 members (excludes halogenated alkanes) is 2. The van der Waals surface area contributed by atoms with Gasteiger partial charge >= 0.3 is 0 Å². The van der Waals surface area contributed by atoms with E-state index in [0.717, 1.165) is 30.2 Å². The summed E-state index contributed by atoms with van der Waals surface area (Å²) in [5.74, 6) is 1.83. The molecule has 0 aromatic carbocycles. The second-order valence-corrected chi connectivity index (χ2v) is 6.03. The molecule has 1 atom stereocenters. The molecule has 0 N–H and O–H groups in total. The maximum absolute atomic E-state index is 14.6. The molecule has 0 saturated carbocycles. The standard InChI is InChI=1S/C16H23FN3OS/c1-4-5-6-10-21-13-9-7-8-12(15(13)17)11-14-18-19-16(22-3)20(14)2/h7-9,15H,4-6,10-11H2,1-3H3. The van der Waals surface area contributed by atoms with Crippen LogP contribution in [0.4, 0.5) is 4.39 Å². The molecule has 22 heavy (non-hydrogen) atoms. The number of rotatable bonds is 8. The van der Waals surface area contributed by atoms with Crippen LogP contribution in [0.15, 0.2) is 29.1 Å². The predicted molar refractivity (Wildman–Crippen MR) is 87.3 cm³/mol. The zero-order chi connectivity index (χ0) is 15.9. The second kappa shape index (κ2) is 8.36. The number of nitrogens with zero attached hydrogens (tertiary/aromatic N) is 3. The van der Waals surface area contributed by atoms with Gasteiger partial charge in [0.05, 0.1) is 6.61 Å². The first-order valence-electron chi connectivity index (χ1n) is 7.60. The monoisotopic (exact) mass is 324 g/mol. The number of halogens is 1. The van der Waals surface area contributed by atoms with E-state index >= 15 is 0 Å². The minimum absolute atomic E-state index is 0.404. The number of aromatic nitrogens is 3. The van der Waals surface area contributed by atoms with Gasteiger partial charge in [0.25, 0.3) is 0 Å². The Morgan fingerprint density at radius 1 is 1.36 bits per heavy atom. The van der Waals surface area contributed by atoms with Gasteiger partial charge in [0.1, 0.15) is 11.6 Å². The summed E-state index contributed by atoms with van der Waals surface area (Å²) >= 11 is 1.53. The molecule has 1 heterocycles. The summed E-state index contributed by atoms with van der Waals surface area (Å²) in [7, 11) is 1.90. The molecule has 1 unspecified atom stereocenters. The highest BCUT2D eigenvalue weighted by Crippen LogP contribution is 2.28. The van der Waals surface area contributed by atoms with Crippen LogP contribution in [0, 0.1) is 5.92 Å². The van der Waals surface area contributed by atoms with Crippen molar-refractivity contribution in [3.8, 4) is 0 Å². The van der Waals surface area contributed by atoms with Crippen LogP contribution in [-0.4, -0.2) is 33.8 Å². The number of hydrogen-bond donors (Lipinski definition) is 0. The first-order chi connectivity index (χ1) is 10.7. The number of allylic oxidation sites excluding steroid dienone is 4. The van der Waals surface area contributed by atoms with E-state index in [-0.39, 0.29) is 0 Å². The van der Waals surface area contributed by atoms with Crippen molar-refractivity contribution in [1.29, 1.82) is 0 Å². The third-order valence-corrected chi connectivity index (χ3v) is 4.35. The molecule has 0 amide bonds. The van der Waals surface area contributed by atoms with E-state index in [1.165, 1.54) is 11.8 Å². The molecular weight excluding hydrogens is 301 g/mol. The lowest BCUT2D eigenvalue weighted by Crippen LogP contribution is -2.22. The molecular formula is C16H23FN3OS. The summed E-state index contributed by atoms with van der Waals surface area (Å²) in [5, 5.41) is 9.05. The first-order valence-corrected chi connectivity index (χ1v) is 8.83. The number of ether oxygens (including phenoxy) is 1. The smallest absolute Gasteiger partial charge is 0.190 e. The zero-order valence-electron chi connectivity index (χ0n) is 13.4. The Kier molecular flexibility index (Phi) is 6.49. The van der Waals surface area contributed by atoms with Gasteiger partial charge in [0.15, 0.2) is 11.3 Å². The lowest BCUT2D eigenvalue weighted by Gasteiger charge is -2.22. The van der Waals surface area contributed by atoms with E-state index < -0.39 is 6.17 Å². The van der Waals surface area contributed by atoms with Crippen molar-refractivity contribution in [3.05, 3.63) is 35.7 Å². The average Bonchev–Trinajstić information content (AvgIpc) is 2.87. The average molecular weight is 324 g/mol. The van der Waals surface area contributed by atoms with Crippen molar-refractivity contribution >= 4 is 11.8 Å². The maximum atomic E-state index is 14.6. The van der Waals surface area contributed by atoms with Crippen LogP contribution in [0.1, 0.15) is 32.0 Å². The minimum Gasteiger partial charge on any atom is -0.495 e. The van der Waals surface area contributed by atoms with Gasteiger partial charge in [-0.05, 0) is 18.8 Å². The SMILES string of the molecule is CCCCCOC1=CC=C[C](Cc2nnc(SC)n2C)C1F. The van der Waals surface area contributed by atoms with Gasteiger partial charge < -0.3 is 9.30 Å². The van der Waals surface area contributed by atoms with Crippen LogP contribution in [0.3, 0.4) is 0 Å². The van der Waals surface area contributed by atoms with Crippen LogP contribution in [0.25, 0.3) is 0 Å². The molecule has 4 nitrogen and oxygen atoms in total. The van der Waals surface area contributed by atoms with Crippen LogP contribution in [0.5, 0.6) is 0 Å². The molecule has 0 bridgehead atoms. The van der Waals surface area contributed by atoms with Crippen LogP contribution in [0.2, 0.25) is 0 Å². The first kappa shape index (κ1) is 17.1. The van der Waals surface area contributed by atoms with Gasteiger partial charge in [0.2, 0.25) is 0 Å². The molecule has 1 radical (unpaired) electrons. The van der Waals surface area contributed by atoms with Gasteiger partial charge in [-0.3, -0.25) is 0 Å². The molecule has 0 spiro atoms. The fourth-order valence-electron chi connectivity index (χ4n) is 2.29. The van der Waals surface area contributed by atoms with Crippen molar-refractivity contribution < 1.29 is 9.13 Å². The number of hydrogen-bond acceptors (Lipinski definition) is 4. The highest BCUT2D eigenvalue weighted by atomic mass is 32.2. The van der Waals surface area contributed by atoms with Gasteiger partial charge in [-0.2, -0.15) is 0 Å². The van der Waals surface area contributed by atoms with Gasteiger partial charge in [-0.15, -0.1) is 10.2 Å². The number of alkyl halides is 1. The summed E-state index contributed by atoms with van der Waals surface area (Å²) in [4.78, 5) is 0. The molecule has 0 saturated heterocycles. The highest BCUT2D eigenvalue weighted by molar-refractivity contribution is 7.98. The largest absolute Gasteiger partial charge is 0.495 e. The van der Waals surface area contributed by atoms with E-state index in [1.54, 1.807) is 12.2 Å². The Morgan fingerprint density at radius 2 is 2.18 bits per heavy atom. The Balaban J connectivity index is 1.94. The summed E-state index contributed by atoms with van der Waals surface area (Å²) in [6.45, 7) is 2.71. The Bertz CT molecular complexity index is 541. The molecule has 1 aromatic heterocycles. The molecule has 0 fully saturated rings. The second-order valence-electron chi connectivity index (χ2n) is 5.26. The molecule has 6 heteroatoms. The summed E-state index contributed by atoms with van der Waals surface area (Å²) in [5.41, 5.74) is 0. The van der Waals surface area contributed by atoms with Gasteiger partial charge in [-0.1, -0.05) is 43.7 Å². The summed E-state index contributed by atoms with van der Waals surface area (Å²) < 4.78 is 22.1. The van der Waals surface area contributed by atoms with Gasteiger partial charge in [-0.25, -0.2) is 4.39 Å². The van der Waals surface area contributed by atoms with E-state index in [9.17, 15) is 4.39 Å². The fourth-order valence-corrected chi connectivity index (χ4v) is 2.79. The van der Waals surface area contributed by atoms with Crippen molar-refractivity contribution in [3.63, 3.8) is 0 Å². The summed E-state index contributed by atoms with van der Waals surface area (Å²) in [6, 6.07) is 0. The summed E-state index contributed by atoms with van der Waals surface area (Å²) in [6.07, 6.45) is 9.74. The van der Waals surface area contributed by atoms with Gasteiger partial charge in [0, 0.05) is 19.4 Å². The molecule has 1 aliphatic carbocycles. The third-order valence-electron chi connectivity index (χ3n) is 3.63. The topological polar surface area (TPSA) is 39.9 Å². The number of thioether (sulfide) groups is 1. The van der Waals surface area contributed by atoms with Crippen molar-refractivity contribution in [2.24, 2.45) is 7.05 Å². The Morgan fingerprint density at radius 3 is 2.86 bits per heavy atom. The quantitative estimate of drug-likeness (QED) is 0.540. The van der Waals surface area contributed by atoms with Crippen LogP contribution < -0.4 is 0 Å². The van der Waals surface area contributed by atoms with E-state index in [4.69, 9.17) is 4.74 Å². The van der Waals surface area contributed by atoms with Crippen molar-refractivity contribution in [2.45, 2.75) is 43.9 Å². The van der Waals surface area contributed by atoms with Crippen molar-refractivity contribution in [1.82, 2.24) is 14.8 Å². The van der Waals surface area contributed by atoms with Crippen LogP contribution >= 0.6 is 11.8 Å². The highest BCUT2D eigenvalue weighted by Gasteiger charge is 2.28. The van der Waals surface area contributed by atoms with Crippen molar-refractivity contribution in [2.75, 3.05) is 12.9 Å². The predicted octanol–water partition coefficient (Wildman–Crippen LogP) is 3.65. The molecule has 0 aliphatic heterocycles. The minimum atomic E-state index is -1.19. The fraction of sp³-hybridized carbons (Fsp3) is 0.562. The van der Waals surface area contributed by atoms with Crippen LogP contribution in [-0.2, 0) is 18.2 Å². The Hall–Kier alpha value is -1.30. The molecule has 1 aromatic rings. The molecule has 2 rings (SSSR count). The molecule has 121 valence electrons. The van der Waals surface area contributed by atoms with E-state index in [0.29, 0.717) is 24.7 Å².